The topological polar surface area (TPSA) is 37.0 Å². The average molecular weight is 389 g/mol. The molecule has 0 aliphatic carbocycles. The SMILES string of the molecule is CCCNc1nc(Nc2ccc(I)cc2)c(F)cc1F. The van der Waals surface area contributed by atoms with Gasteiger partial charge in [-0.3, -0.25) is 0 Å². The van der Waals surface area contributed by atoms with E-state index in [9.17, 15) is 8.78 Å². The van der Waals surface area contributed by atoms with Crippen LogP contribution in [-0.2, 0) is 0 Å². The summed E-state index contributed by atoms with van der Waals surface area (Å²) in [5.41, 5.74) is 0.699. The Kier molecular flexibility index (Phi) is 5.11. The number of nitrogens with zero attached hydrogens (tertiary/aromatic N) is 1. The summed E-state index contributed by atoms with van der Waals surface area (Å²) in [7, 11) is 0. The highest BCUT2D eigenvalue weighted by Crippen LogP contribution is 2.23. The van der Waals surface area contributed by atoms with E-state index in [-0.39, 0.29) is 11.6 Å². The molecule has 2 aromatic rings. The van der Waals surface area contributed by atoms with Crippen molar-refractivity contribution in [1.82, 2.24) is 4.98 Å². The minimum Gasteiger partial charge on any atom is -0.368 e. The molecule has 2 rings (SSSR count). The van der Waals surface area contributed by atoms with Gasteiger partial charge in [0.25, 0.3) is 0 Å². The molecule has 0 aliphatic rings. The van der Waals surface area contributed by atoms with Crippen LogP contribution in [0.3, 0.4) is 0 Å². The lowest BCUT2D eigenvalue weighted by Crippen LogP contribution is -2.07. The van der Waals surface area contributed by atoms with E-state index in [2.05, 4.69) is 38.2 Å². The molecule has 0 fully saturated rings. The van der Waals surface area contributed by atoms with Crippen LogP contribution in [0.5, 0.6) is 0 Å². The molecule has 0 radical (unpaired) electrons. The minimum atomic E-state index is -0.719. The van der Waals surface area contributed by atoms with E-state index < -0.39 is 11.6 Å². The van der Waals surface area contributed by atoms with Gasteiger partial charge in [0.1, 0.15) is 0 Å². The second kappa shape index (κ2) is 6.83. The number of hydrogen-bond donors (Lipinski definition) is 2. The van der Waals surface area contributed by atoms with E-state index >= 15 is 0 Å². The van der Waals surface area contributed by atoms with Crippen LogP contribution < -0.4 is 10.6 Å². The van der Waals surface area contributed by atoms with Crippen molar-refractivity contribution in [3.63, 3.8) is 0 Å². The average Bonchev–Trinajstić information content (AvgIpc) is 2.43. The Morgan fingerprint density at radius 1 is 1.10 bits per heavy atom. The van der Waals surface area contributed by atoms with Crippen LogP contribution in [0.4, 0.5) is 26.1 Å². The van der Waals surface area contributed by atoms with Gasteiger partial charge in [-0.1, -0.05) is 6.92 Å². The third-order valence-corrected chi connectivity index (χ3v) is 3.30. The van der Waals surface area contributed by atoms with Gasteiger partial charge in [0.15, 0.2) is 23.3 Å². The lowest BCUT2D eigenvalue weighted by atomic mass is 10.3. The summed E-state index contributed by atoms with van der Waals surface area (Å²) in [6, 6.07) is 8.23. The summed E-state index contributed by atoms with van der Waals surface area (Å²) >= 11 is 2.18. The quantitative estimate of drug-likeness (QED) is 0.738. The maximum Gasteiger partial charge on any atom is 0.169 e. The Morgan fingerprint density at radius 3 is 2.40 bits per heavy atom. The predicted octanol–water partition coefficient (Wildman–Crippen LogP) is 4.53. The van der Waals surface area contributed by atoms with Crippen LogP contribution in [-0.4, -0.2) is 11.5 Å². The summed E-state index contributed by atoms with van der Waals surface area (Å²) in [5.74, 6) is -1.35. The van der Waals surface area contributed by atoms with Gasteiger partial charge in [0.05, 0.1) is 0 Å². The number of benzene rings is 1. The first-order chi connectivity index (χ1) is 9.60. The number of aromatic nitrogens is 1. The molecular weight excluding hydrogens is 375 g/mol. The molecule has 0 unspecified atom stereocenters. The number of anilines is 3. The Labute approximate surface area is 129 Å². The fourth-order valence-corrected chi connectivity index (χ4v) is 1.95. The first kappa shape index (κ1) is 15.0. The number of hydrogen-bond acceptors (Lipinski definition) is 3. The molecule has 2 N–H and O–H groups in total. The van der Waals surface area contributed by atoms with Gasteiger partial charge in [-0.05, 0) is 53.3 Å². The highest BCUT2D eigenvalue weighted by Gasteiger charge is 2.11. The molecule has 1 heterocycles. The van der Waals surface area contributed by atoms with E-state index in [4.69, 9.17) is 0 Å². The number of pyridine rings is 1. The second-order valence-corrected chi connectivity index (χ2v) is 5.45. The van der Waals surface area contributed by atoms with Gasteiger partial charge < -0.3 is 10.6 Å². The zero-order chi connectivity index (χ0) is 14.5. The monoisotopic (exact) mass is 389 g/mol. The van der Waals surface area contributed by atoms with Crippen molar-refractivity contribution in [1.29, 1.82) is 0 Å². The van der Waals surface area contributed by atoms with E-state index in [1.54, 1.807) is 0 Å². The smallest absolute Gasteiger partial charge is 0.169 e. The number of nitrogens with one attached hydrogen (secondary N) is 2. The van der Waals surface area contributed by atoms with Crippen molar-refractivity contribution in [3.8, 4) is 0 Å². The summed E-state index contributed by atoms with van der Waals surface area (Å²) in [6.07, 6.45) is 0.832. The van der Waals surface area contributed by atoms with Crippen LogP contribution in [0.25, 0.3) is 0 Å². The molecule has 0 spiro atoms. The Morgan fingerprint density at radius 2 is 1.75 bits per heavy atom. The molecule has 0 aliphatic heterocycles. The van der Waals surface area contributed by atoms with E-state index in [0.717, 1.165) is 16.1 Å². The van der Waals surface area contributed by atoms with Crippen molar-refractivity contribution in [3.05, 3.63) is 45.5 Å². The first-order valence-corrected chi connectivity index (χ1v) is 7.30. The fourth-order valence-electron chi connectivity index (χ4n) is 1.59. The van der Waals surface area contributed by atoms with Gasteiger partial charge in [-0.25, -0.2) is 13.8 Å². The summed E-state index contributed by atoms with van der Waals surface area (Å²) in [4.78, 5) is 3.95. The van der Waals surface area contributed by atoms with E-state index in [1.807, 2.05) is 31.2 Å². The predicted molar refractivity (Wildman–Crippen MR) is 85.4 cm³/mol. The largest absolute Gasteiger partial charge is 0.368 e. The molecule has 0 saturated heterocycles. The molecule has 20 heavy (non-hydrogen) atoms. The van der Waals surface area contributed by atoms with Gasteiger partial charge in [0.2, 0.25) is 0 Å². The van der Waals surface area contributed by atoms with Crippen LogP contribution >= 0.6 is 22.6 Å². The Hall–Kier alpha value is -1.44. The van der Waals surface area contributed by atoms with Gasteiger partial charge in [-0.15, -0.1) is 0 Å². The molecule has 0 bridgehead atoms. The molecule has 3 nitrogen and oxygen atoms in total. The highest BCUT2D eigenvalue weighted by molar-refractivity contribution is 14.1. The molecule has 0 atom stereocenters. The van der Waals surface area contributed by atoms with Crippen LogP contribution in [0, 0.1) is 15.2 Å². The number of rotatable bonds is 5. The molecule has 106 valence electrons. The van der Waals surface area contributed by atoms with Crippen LogP contribution in [0.1, 0.15) is 13.3 Å². The highest BCUT2D eigenvalue weighted by atomic mass is 127. The van der Waals surface area contributed by atoms with Crippen molar-refractivity contribution < 1.29 is 8.78 Å². The maximum absolute atomic E-state index is 13.7. The first-order valence-electron chi connectivity index (χ1n) is 6.22. The van der Waals surface area contributed by atoms with Crippen molar-refractivity contribution >= 4 is 39.9 Å². The molecule has 1 aromatic carbocycles. The molecule has 1 aromatic heterocycles. The third-order valence-electron chi connectivity index (χ3n) is 2.58. The normalized spacial score (nSPS) is 10.4. The van der Waals surface area contributed by atoms with Crippen molar-refractivity contribution in [2.75, 3.05) is 17.2 Å². The van der Waals surface area contributed by atoms with Crippen molar-refractivity contribution in [2.45, 2.75) is 13.3 Å². The standard InChI is InChI=1S/C14H14F2IN3/c1-2-7-18-13-11(15)8-12(16)14(20-13)19-10-5-3-9(17)4-6-10/h3-6,8H,2,7H2,1H3,(H2,18,19,20). The fraction of sp³-hybridized carbons (Fsp3) is 0.214. The third kappa shape index (κ3) is 3.78. The van der Waals surface area contributed by atoms with Gasteiger partial charge in [0, 0.05) is 21.9 Å². The minimum absolute atomic E-state index is 0.00575. The van der Waals surface area contributed by atoms with E-state index in [0.29, 0.717) is 12.2 Å². The van der Waals surface area contributed by atoms with Crippen LogP contribution in [0.2, 0.25) is 0 Å². The molecule has 0 saturated carbocycles. The number of halogens is 3. The zero-order valence-electron chi connectivity index (χ0n) is 10.9. The van der Waals surface area contributed by atoms with Gasteiger partial charge in [-0.2, -0.15) is 0 Å². The zero-order valence-corrected chi connectivity index (χ0v) is 13.0. The molecule has 6 heteroatoms. The summed E-state index contributed by atoms with van der Waals surface area (Å²) < 4.78 is 28.4. The lowest BCUT2D eigenvalue weighted by molar-refractivity contribution is 0.579. The van der Waals surface area contributed by atoms with Crippen LogP contribution in [0.15, 0.2) is 30.3 Å². The Bertz CT molecular complexity index is 588. The molecule has 0 amide bonds. The molecular formula is C14H14F2IN3. The summed E-state index contributed by atoms with van der Waals surface area (Å²) in [6.45, 7) is 2.54. The van der Waals surface area contributed by atoms with Gasteiger partial charge >= 0.3 is 0 Å². The Balaban J connectivity index is 2.24. The van der Waals surface area contributed by atoms with Crippen molar-refractivity contribution in [2.24, 2.45) is 0 Å². The lowest BCUT2D eigenvalue weighted by Gasteiger charge is -2.11. The maximum atomic E-state index is 13.7. The second-order valence-electron chi connectivity index (χ2n) is 4.21. The van der Waals surface area contributed by atoms with E-state index in [1.165, 1.54) is 0 Å². The summed E-state index contributed by atoms with van der Waals surface area (Å²) in [5, 5.41) is 5.68.